The Kier molecular flexibility index (Phi) is 8.30. The molecule has 0 radical (unpaired) electrons. The number of aromatic carboxylic acids is 2. The van der Waals surface area contributed by atoms with Crippen LogP contribution in [0, 0.1) is 0 Å². The summed E-state index contributed by atoms with van der Waals surface area (Å²) in [5, 5.41) is 16.8. The van der Waals surface area contributed by atoms with Gasteiger partial charge in [0, 0.05) is 0 Å². The van der Waals surface area contributed by atoms with Gasteiger partial charge in [-0.1, -0.05) is 36.4 Å². The van der Waals surface area contributed by atoms with Crippen molar-refractivity contribution >= 4 is 36.4 Å². The first kappa shape index (κ1) is 17.2. The summed E-state index contributed by atoms with van der Waals surface area (Å²) < 4.78 is 0. The van der Waals surface area contributed by atoms with Gasteiger partial charge in [0.25, 0.3) is 0 Å². The molecule has 2 aromatic carbocycles. The van der Waals surface area contributed by atoms with Crippen molar-refractivity contribution < 1.29 is 19.8 Å². The van der Waals surface area contributed by atoms with E-state index in [2.05, 4.69) is 0 Å². The van der Waals surface area contributed by atoms with Crippen LogP contribution in [0.5, 0.6) is 0 Å². The van der Waals surface area contributed by atoms with Gasteiger partial charge in [0.05, 0.1) is 11.1 Å². The first-order valence-corrected chi connectivity index (χ1v) is 5.18. The zero-order chi connectivity index (χ0) is 13.4. The van der Waals surface area contributed by atoms with Crippen molar-refractivity contribution in [3.8, 4) is 0 Å². The number of hydrogen-bond acceptors (Lipinski definition) is 2. The number of benzene rings is 2. The Morgan fingerprint density at radius 1 is 0.632 bits per heavy atom. The fourth-order valence-corrected chi connectivity index (χ4v) is 1.16. The van der Waals surface area contributed by atoms with Crippen molar-refractivity contribution in [2.75, 3.05) is 0 Å². The Morgan fingerprint density at radius 2 is 0.895 bits per heavy atom. The van der Waals surface area contributed by atoms with Crippen molar-refractivity contribution in [2.24, 2.45) is 0 Å². The number of rotatable bonds is 2. The molecule has 2 rings (SSSR count). The summed E-state index contributed by atoms with van der Waals surface area (Å²) in [5.74, 6) is -1.76. The predicted octanol–water partition coefficient (Wildman–Crippen LogP) is 1.59. The summed E-state index contributed by atoms with van der Waals surface area (Å²) in [7, 11) is 0. The van der Waals surface area contributed by atoms with Crippen LogP contribution >= 0.6 is 0 Å². The molecule has 0 aliphatic rings. The number of hydrogen-bond donors (Lipinski definition) is 2. The van der Waals surface area contributed by atoms with Gasteiger partial charge in [0.2, 0.25) is 0 Å². The Hall–Kier alpha value is -1.80. The van der Waals surface area contributed by atoms with Gasteiger partial charge in [-0.25, -0.2) is 9.59 Å². The number of carboxylic acid groups (broad SMARTS) is 2. The van der Waals surface area contributed by atoms with Gasteiger partial charge in [-0.15, -0.1) is 0 Å². The second-order valence-electron chi connectivity index (χ2n) is 3.34. The van der Waals surface area contributed by atoms with Crippen LogP contribution < -0.4 is 0 Å². The Labute approximate surface area is 128 Å². The van der Waals surface area contributed by atoms with Crippen molar-refractivity contribution in [1.82, 2.24) is 0 Å². The van der Waals surface area contributed by atoms with Crippen LogP contribution in [0.15, 0.2) is 60.7 Å². The molecule has 0 aliphatic heterocycles. The third kappa shape index (κ3) is 6.63. The summed E-state index contributed by atoms with van der Waals surface area (Å²) in [5.41, 5.74) is 0.662. The van der Waals surface area contributed by atoms with E-state index in [1.54, 1.807) is 60.7 Å². The van der Waals surface area contributed by atoms with Gasteiger partial charge in [-0.05, 0) is 24.3 Å². The Balaban J connectivity index is 0.000000324. The van der Waals surface area contributed by atoms with Gasteiger partial charge in [0.15, 0.2) is 0 Å². The fourth-order valence-electron chi connectivity index (χ4n) is 1.16. The van der Waals surface area contributed by atoms with E-state index in [1.165, 1.54) is 0 Å². The molecule has 0 aliphatic carbocycles. The molecule has 100 valence electrons. The van der Waals surface area contributed by atoms with E-state index in [0.717, 1.165) is 0 Å². The van der Waals surface area contributed by atoms with Gasteiger partial charge in [-0.2, -0.15) is 0 Å². The molecule has 2 aromatic rings. The van der Waals surface area contributed by atoms with E-state index in [4.69, 9.17) is 10.2 Å². The summed E-state index contributed by atoms with van der Waals surface area (Å²) in [6.07, 6.45) is 0. The van der Waals surface area contributed by atoms with Crippen LogP contribution in [0.4, 0.5) is 0 Å². The van der Waals surface area contributed by atoms with Gasteiger partial charge < -0.3 is 10.2 Å². The summed E-state index contributed by atoms with van der Waals surface area (Å²) >= 11 is 0. The second kappa shape index (κ2) is 9.17. The van der Waals surface area contributed by atoms with Crippen LogP contribution in [-0.4, -0.2) is 46.6 Å². The Bertz CT molecular complexity index is 462. The van der Waals surface area contributed by atoms with Crippen molar-refractivity contribution in [3.05, 3.63) is 71.8 Å². The third-order valence-electron chi connectivity index (χ3n) is 2.04. The molecule has 0 saturated heterocycles. The molecule has 0 unspecified atom stereocenters. The summed E-state index contributed by atoms with van der Waals surface area (Å²) in [4.78, 5) is 20.4. The normalized spacial score (nSPS) is 8.42. The van der Waals surface area contributed by atoms with Gasteiger partial charge in [-0.3, -0.25) is 0 Å². The molecular weight excluding hydrogens is 354 g/mol. The van der Waals surface area contributed by atoms with Crippen LogP contribution in [0.25, 0.3) is 0 Å². The summed E-state index contributed by atoms with van der Waals surface area (Å²) in [6, 6.07) is 16.6. The molecule has 0 heterocycles. The minimum absolute atomic E-state index is 0. The minimum atomic E-state index is -0.879. The maximum absolute atomic E-state index is 10.2. The zero-order valence-corrected chi connectivity index (χ0v) is 14.2. The molecule has 19 heavy (non-hydrogen) atoms. The molecule has 5 heteroatoms. The van der Waals surface area contributed by atoms with Crippen molar-refractivity contribution in [1.29, 1.82) is 0 Å². The van der Waals surface area contributed by atoms with Crippen LogP contribution in [0.3, 0.4) is 0 Å². The molecule has 4 nitrogen and oxygen atoms in total. The van der Waals surface area contributed by atoms with Gasteiger partial charge in [0.1, 0.15) is 0 Å². The molecular formula is C14H15O4Sb. The Morgan fingerprint density at radius 3 is 1.05 bits per heavy atom. The molecule has 0 bridgehead atoms. The first-order chi connectivity index (χ1) is 8.61. The van der Waals surface area contributed by atoms with E-state index in [9.17, 15) is 9.59 Å². The first-order valence-electron chi connectivity index (χ1n) is 5.18. The molecule has 0 saturated carbocycles. The molecule has 0 spiro atoms. The number of carbonyl (C=O) groups is 2. The standard InChI is InChI=1S/2C7H6O2.Sb.3H/c2*8-7(9)6-4-2-1-3-5-6;;;;/h2*1-5H,(H,8,9);;;;. The summed E-state index contributed by atoms with van der Waals surface area (Å²) in [6.45, 7) is 0. The van der Waals surface area contributed by atoms with E-state index < -0.39 is 11.9 Å². The molecule has 0 atom stereocenters. The molecule has 0 fully saturated rings. The van der Waals surface area contributed by atoms with E-state index in [0.29, 0.717) is 11.1 Å². The van der Waals surface area contributed by atoms with Crippen LogP contribution in [0.2, 0.25) is 0 Å². The quantitative estimate of drug-likeness (QED) is 0.789. The van der Waals surface area contributed by atoms with Crippen molar-refractivity contribution in [2.45, 2.75) is 0 Å². The fraction of sp³-hybridized carbons (Fsp3) is 0. The molecule has 2 N–H and O–H groups in total. The van der Waals surface area contributed by atoms with Crippen molar-refractivity contribution in [3.63, 3.8) is 0 Å². The second-order valence-corrected chi connectivity index (χ2v) is 3.34. The van der Waals surface area contributed by atoms with E-state index >= 15 is 0 Å². The van der Waals surface area contributed by atoms with E-state index in [1.807, 2.05) is 0 Å². The average Bonchev–Trinajstić information content (AvgIpc) is 2.41. The average molecular weight is 369 g/mol. The monoisotopic (exact) mass is 368 g/mol. The topological polar surface area (TPSA) is 74.6 Å². The van der Waals surface area contributed by atoms with Crippen LogP contribution in [0.1, 0.15) is 20.7 Å². The van der Waals surface area contributed by atoms with Crippen LogP contribution in [-0.2, 0) is 0 Å². The van der Waals surface area contributed by atoms with E-state index in [-0.39, 0.29) is 24.4 Å². The predicted molar refractivity (Wildman–Crippen MR) is 76.7 cm³/mol. The number of carboxylic acids is 2. The maximum atomic E-state index is 10.2. The molecule has 0 amide bonds. The third-order valence-corrected chi connectivity index (χ3v) is 2.04. The SMILES string of the molecule is O=C(O)c1ccccc1.O=C(O)c1ccccc1.[SbH3]. The van der Waals surface area contributed by atoms with Gasteiger partial charge >= 0.3 is 36.4 Å². The zero-order valence-electron chi connectivity index (χ0n) is 10.2. The molecule has 0 aromatic heterocycles.